The van der Waals surface area contributed by atoms with Crippen LogP contribution in [0.15, 0.2) is 58.3 Å². The molecule has 7 heteroatoms. The van der Waals surface area contributed by atoms with Gasteiger partial charge in [-0.05, 0) is 24.1 Å². The number of rotatable bonds is 5. The maximum atomic E-state index is 12.7. The van der Waals surface area contributed by atoms with E-state index in [1.165, 1.54) is 10.8 Å². The van der Waals surface area contributed by atoms with Crippen molar-refractivity contribution in [3.8, 4) is 0 Å². The maximum Gasteiger partial charge on any atom is 0.332 e. The Hall–Kier alpha value is -3.22. The quantitative estimate of drug-likeness (QED) is 0.729. The van der Waals surface area contributed by atoms with E-state index in [1.807, 2.05) is 30.3 Å². The van der Waals surface area contributed by atoms with E-state index in [0.29, 0.717) is 11.9 Å². The molecular formula is C17H16N4O3. The number of nitrogens with two attached hydrogens (primary N) is 1. The summed E-state index contributed by atoms with van der Waals surface area (Å²) in [6, 6.07) is 12.7. The van der Waals surface area contributed by atoms with E-state index in [4.69, 9.17) is 5.73 Å². The van der Waals surface area contributed by atoms with Gasteiger partial charge >= 0.3 is 5.69 Å². The van der Waals surface area contributed by atoms with Crippen molar-refractivity contribution in [1.29, 1.82) is 0 Å². The number of primary amides is 1. The summed E-state index contributed by atoms with van der Waals surface area (Å²) in [5, 5.41) is 0. The third-order valence-electron chi connectivity index (χ3n) is 3.77. The zero-order valence-corrected chi connectivity index (χ0v) is 12.9. The Morgan fingerprint density at radius 2 is 1.79 bits per heavy atom. The molecule has 2 N–H and O–H groups in total. The summed E-state index contributed by atoms with van der Waals surface area (Å²) < 4.78 is 2.29. The summed E-state index contributed by atoms with van der Waals surface area (Å²) >= 11 is 0. The smallest absolute Gasteiger partial charge is 0.332 e. The number of amides is 1. The average molecular weight is 324 g/mol. The summed E-state index contributed by atoms with van der Waals surface area (Å²) in [6.07, 6.45) is 2.00. The summed E-state index contributed by atoms with van der Waals surface area (Å²) in [5.41, 5.74) is 5.66. The van der Waals surface area contributed by atoms with Crippen molar-refractivity contribution in [1.82, 2.24) is 14.1 Å². The van der Waals surface area contributed by atoms with Crippen LogP contribution in [0.1, 0.15) is 5.56 Å². The maximum absolute atomic E-state index is 12.7. The first-order valence-electron chi connectivity index (χ1n) is 7.48. The number of nitrogens with zero attached hydrogens (tertiary/aromatic N) is 3. The zero-order valence-electron chi connectivity index (χ0n) is 12.9. The van der Waals surface area contributed by atoms with E-state index in [9.17, 15) is 14.4 Å². The van der Waals surface area contributed by atoms with E-state index >= 15 is 0 Å². The van der Waals surface area contributed by atoms with Gasteiger partial charge in [0.15, 0.2) is 5.52 Å². The molecule has 1 amide bonds. The fourth-order valence-corrected chi connectivity index (χ4v) is 2.63. The molecule has 0 spiro atoms. The van der Waals surface area contributed by atoms with Crippen molar-refractivity contribution >= 4 is 16.9 Å². The minimum Gasteiger partial charge on any atom is -0.368 e. The molecule has 7 nitrogen and oxygen atoms in total. The normalized spacial score (nSPS) is 10.8. The van der Waals surface area contributed by atoms with Gasteiger partial charge in [-0.3, -0.25) is 18.7 Å². The predicted octanol–water partition coefficient (Wildman–Crippen LogP) is 0.286. The molecule has 3 rings (SSSR count). The van der Waals surface area contributed by atoms with Crippen molar-refractivity contribution in [3.05, 3.63) is 75.1 Å². The summed E-state index contributed by atoms with van der Waals surface area (Å²) in [6.45, 7) is -0.0976. The molecule has 3 aromatic rings. The lowest BCUT2D eigenvalue weighted by Crippen LogP contribution is -2.42. The second-order valence-corrected chi connectivity index (χ2v) is 5.40. The third kappa shape index (κ3) is 2.96. The number of aromatic nitrogens is 3. The minimum absolute atomic E-state index is 0.145. The van der Waals surface area contributed by atoms with E-state index in [2.05, 4.69) is 4.98 Å². The average Bonchev–Trinajstić information content (AvgIpc) is 2.59. The fraction of sp³-hybridized carbons (Fsp3) is 0.176. The third-order valence-corrected chi connectivity index (χ3v) is 3.77. The van der Waals surface area contributed by atoms with Crippen molar-refractivity contribution in [3.63, 3.8) is 0 Å². The molecule has 0 saturated heterocycles. The number of carbonyl (C=O) groups excluding carboxylic acids is 1. The van der Waals surface area contributed by atoms with E-state index in [1.54, 1.807) is 12.1 Å². The van der Waals surface area contributed by atoms with Crippen LogP contribution < -0.4 is 17.0 Å². The Morgan fingerprint density at radius 1 is 1.04 bits per heavy atom. The van der Waals surface area contributed by atoms with Gasteiger partial charge in [-0.2, -0.15) is 0 Å². The number of hydrogen-bond acceptors (Lipinski definition) is 4. The number of aryl methyl sites for hydroxylation is 1. The largest absolute Gasteiger partial charge is 0.368 e. The van der Waals surface area contributed by atoms with Gasteiger partial charge in [0.1, 0.15) is 6.54 Å². The van der Waals surface area contributed by atoms with Gasteiger partial charge in [0.05, 0.1) is 5.52 Å². The van der Waals surface area contributed by atoms with E-state index < -0.39 is 17.2 Å². The van der Waals surface area contributed by atoms with Crippen molar-refractivity contribution < 1.29 is 4.79 Å². The molecule has 0 radical (unpaired) electrons. The Kier molecular flexibility index (Phi) is 4.24. The summed E-state index contributed by atoms with van der Waals surface area (Å²) in [5.74, 6) is -0.657. The minimum atomic E-state index is -0.657. The lowest BCUT2D eigenvalue weighted by Gasteiger charge is -2.12. The van der Waals surface area contributed by atoms with Crippen molar-refractivity contribution in [2.45, 2.75) is 19.5 Å². The van der Waals surface area contributed by atoms with Gasteiger partial charge < -0.3 is 5.73 Å². The Labute approximate surface area is 137 Å². The van der Waals surface area contributed by atoms with Gasteiger partial charge in [0, 0.05) is 12.7 Å². The first-order valence-corrected chi connectivity index (χ1v) is 7.48. The first-order chi connectivity index (χ1) is 11.6. The molecule has 2 aromatic heterocycles. The topological polar surface area (TPSA) is 100.0 Å². The van der Waals surface area contributed by atoms with Gasteiger partial charge in [0.2, 0.25) is 5.91 Å². The summed E-state index contributed by atoms with van der Waals surface area (Å²) in [7, 11) is 0. The second kappa shape index (κ2) is 6.49. The van der Waals surface area contributed by atoms with Gasteiger partial charge in [0.25, 0.3) is 5.56 Å². The van der Waals surface area contributed by atoms with Crippen LogP contribution in [0.4, 0.5) is 0 Å². The van der Waals surface area contributed by atoms with Crippen molar-refractivity contribution in [2.24, 2.45) is 5.73 Å². The molecule has 0 unspecified atom stereocenters. The second-order valence-electron chi connectivity index (χ2n) is 5.40. The van der Waals surface area contributed by atoms with Gasteiger partial charge in [-0.1, -0.05) is 30.3 Å². The van der Waals surface area contributed by atoms with Gasteiger partial charge in [-0.15, -0.1) is 0 Å². The Morgan fingerprint density at radius 3 is 2.50 bits per heavy atom. The fourth-order valence-electron chi connectivity index (χ4n) is 2.63. The van der Waals surface area contributed by atoms with Crippen LogP contribution in [0.25, 0.3) is 11.0 Å². The lowest BCUT2D eigenvalue weighted by molar-refractivity contribution is -0.118. The Bertz CT molecular complexity index is 1010. The van der Waals surface area contributed by atoms with Crippen LogP contribution in [-0.4, -0.2) is 20.0 Å². The number of hydrogen-bond donors (Lipinski definition) is 1. The molecule has 1 aromatic carbocycles. The molecule has 24 heavy (non-hydrogen) atoms. The standard InChI is InChI=1S/C17H16N4O3/c18-14(22)11-21-13-7-4-9-19-15(13)16(23)20(17(21)24)10-8-12-5-2-1-3-6-12/h1-7,9H,8,10-11H2,(H2,18,22). The van der Waals surface area contributed by atoms with Crippen molar-refractivity contribution in [2.75, 3.05) is 0 Å². The van der Waals surface area contributed by atoms with Crippen LogP contribution in [0.5, 0.6) is 0 Å². The van der Waals surface area contributed by atoms with Crippen LogP contribution in [0, 0.1) is 0 Å². The number of pyridine rings is 1. The highest BCUT2D eigenvalue weighted by molar-refractivity contribution is 5.78. The van der Waals surface area contributed by atoms with E-state index in [-0.39, 0.29) is 18.6 Å². The molecule has 0 aliphatic carbocycles. The summed E-state index contributed by atoms with van der Waals surface area (Å²) in [4.78, 5) is 40.6. The predicted molar refractivity (Wildman–Crippen MR) is 89.6 cm³/mol. The highest BCUT2D eigenvalue weighted by atomic mass is 16.2. The molecule has 0 bridgehead atoms. The zero-order chi connectivity index (χ0) is 17.1. The number of carbonyl (C=O) groups is 1. The lowest BCUT2D eigenvalue weighted by atomic mass is 10.1. The van der Waals surface area contributed by atoms with Gasteiger partial charge in [-0.25, -0.2) is 9.78 Å². The number of fused-ring (bicyclic) bond motifs is 1. The molecule has 2 heterocycles. The molecule has 122 valence electrons. The monoisotopic (exact) mass is 324 g/mol. The SMILES string of the molecule is NC(=O)Cn1c(=O)n(CCc2ccccc2)c(=O)c2ncccc21. The highest BCUT2D eigenvalue weighted by Gasteiger charge is 2.15. The number of benzene rings is 1. The molecule has 0 aliphatic heterocycles. The van der Waals surface area contributed by atoms with Crippen LogP contribution >= 0.6 is 0 Å². The highest BCUT2D eigenvalue weighted by Crippen LogP contribution is 2.05. The molecule has 0 fully saturated rings. The first kappa shape index (κ1) is 15.7. The molecule has 0 saturated carbocycles. The van der Waals surface area contributed by atoms with Crippen LogP contribution in [0.2, 0.25) is 0 Å². The Balaban J connectivity index is 2.12. The molecule has 0 aliphatic rings. The van der Waals surface area contributed by atoms with Crippen LogP contribution in [-0.2, 0) is 24.3 Å². The molecular weight excluding hydrogens is 308 g/mol. The van der Waals surface area contributed by atoms with Crippen LogP contribution in [0.3, 0.4) is 0 Å². The molecule has 0 atom stereocenters. The van der Waals surface area contributed by atoms with E-state index in [0.717, 1.165) is 10.1 Å².